The molecule has 136 valence electrons. The van der Waals surface area contributed by atoms with E-state index in [4.69, 9.17) is 0 Å². The van der Waals surface area contributed by atoms with E-state index in [2.05, 4.69) is 16.2 Å². The van der Waals surface area contributed by atoms with Crippen LogP contribution < -0.4 is 12.4 Å². The molecule has 0 N–H and O–H groups in total. The van der Waals surface area contributed by atoms with Gasteiger partial charge < -0.3 is 12.4 Å². The molecule has 0 saturated heterocycles. The van der Waals surface area contributed by atoms with Gasteiger partial charge in [-0.1, -0.05) is 110 Å². The minimum Gasteiger partial charge on any atom is -1.00 e. The molecule has 0 rings (SSSR count). The van der Waals surface area contributed by atoms with Crippen LogP contribution in [-0.2, 0) is 0 Å². The predicted molar refractivity (Wildman–Crippen MR) is 105 cm³/mol. The van der Waals surface area contributed by atoms with Crippen molar-refractivity contribution in [1.29, 1.82) is 0 Å². The summed E-state index contributed by atoms with van der Waals surface area (Å²) in [7, 11) is 2.12. The highest BCUT2D eigenvalue weighted by Crippen LogP contribution is 2.14. The molecule has 0 bridgehead atoms. The maximum Gasteiger partial charge on any atom is 0.0526 e. The maximum atomic E-state index is 2.30. The van der Waals surface area contributed by atoms with E-state index in [-0.39, 0.29) is 12.4 Å². The number of hydrogen-bond acceptors (Lipinski definition) is 0. The molecule has 1 unspecified atom stereocenters. The molecular weight excluding hydrogens is 307 g/mol. The third-order valence-electron chi connectivity index (χ3n) is 4.60. The fourth-order valence-electron chi connectivity index (χ4n) is 3.08. The summed E-state index contributed by atoms with van der Waals surface area (Å²) in [6.45, 7) is 2.30. The van der Waals surface area contributed by atoms with Gasteiger partial charge in [0, 0.05) is 0 Å². The Morgan fingerprint density at radius 3 is 0.864 bits per heavy atom. The Balaban J connectivity index is 0. The van der Waals surface area contributed by atoms with Crippen LogP contribution in [0.2, 0.25) is 0 Å². The molecule has 0 aliphatic rings. The van der Waals surface area contributed by atoms with Gasteiger partial charge in [-0.3, -0.25) is 0 Å². The van der Waals surface area contributed by atoms with E-state index >= 15 is 0 Å². The first-order valence-corrected chi connectivity index (χ1v) is 11.2. The summed E-state index contributed by atoms with van der Waals surface area (Å²) in [5, 5.41) is 0. The van der Waals surface area contributed by atoms with Crippen LogP contribution in [0.3, 0.4) is 0 Å². The van der Waals surface area contributed by atoms with Crippen LogP contribution in [0.5, 0.6) is 0 Å². The first-order chi connectivity index (χ1) is 10.4. The normalized spacial score (nSPS) is 10.8. The van der Waals surface area contributed by atoms with Crippen LogP contribution in [0.15, 0.2) is 0 Å². The van der Waals surface area contributed by atoms with E-state index < -0.39 is 0 Å². The van der Waals surface area contributed by atoms with Crippen molar-refractivity contribution in [2.75, 3.05) is 6.16 Å². The molecule has 0 aromatic carbocycles. The molecule has 0 saturated carbocycles. The molecule has 0 heterocycles. The van der Waals surface area contributed by atoms with Gasteiger partial charge in [0.05, 0.1) is 6.16 Å². The van der Waals surface area contributed by atoms with Gasteiger partial charge in [0.2, 0.25) is 0 Å². The van der Waals surface area contributed by atoms with Crippen molar-refractivity contribution in [3.63, 3.8) is 0 Å². The van der Waals surface area contributed by atoms with Gasteiger partial charge in [-0.05, 0) is 22.1 Å². The number of hydrogen-bond donors (Lipinski definition) is 0. The van der Waals surface area contributed by atoms with Crippen molar-refractivity contribution >= 4 is 9.24 Å². The quantitative estimate of drug-likeness (QED) is 0.249. The second-order valence-corrected chi connectivity index (χ2v) is 7.57. The topological polar surface area (TPSA) is 0 Å². The lowest BCUT2D eigenvalue weighted by molar-refractivity contribution is -0.00000462. The molecule has 0 aliphatic carbocycles. The Morgan fingerprint density at radius 2 is 0.636 bits per heavy atom. The van der Waals surface area contributed by atoms with Gasteiger partial charge in [0.25, 0.3) is 0 Å². The second-order valence-electron chi connectivity index (χ2n) is 6.86. The van der Waals surface area contributed by atoms with E-state index in [0.29, 0.717) is 0 Å². The SMILES string of the molecule is CCCCCCCCCCCCCCCCCCCC[PH3+].[Cl-]. The highest BCUT2D eigenvalue weighted by molar-refractivity contribution is 7.16. The highest BCUT2D eigenvalue weighted by atomic mass is 35.5. The fourth-order valence-corrected chi connectivity index (χ4v) is 3.43. The summed E-state index contributed by atoms with van der Waals surface area (Å²) in [5.41, 5.74) is 0. The summed E-state index contributed by atoms with van der Waals surface area (Å²) >= 11 is 0. The molecule has 22 heavy (non-hydrogen) atoms. The molecule has 0 amide bonds. The monoisotopic (exact) mass is 350 g/mol. The lowest BCUT2D eigenvalue weighted by Crippen LogP contribution is -3.00. The standard InChI is InChI=1S/C20H43P.ClH/c1-2-3-4-5-6-7-8-9-10-11-12-13-14-15-16-17-18-19-20-21;/h2-21H2,1H3;1H. The van der Waals surface area contributed by atoms with E-state index in [1.54, 1.807) is 0 Å². The average Bonchev–Trinajstić information content (AvgIpc) is 2.50. The Morgan fingerprint density at radius 1 is 0.409 bits per heavy atom. The summed E-state index contributed by atoms with van der Waals surface area (Å²) in [4.78, 5) is 0. The Hall–Kier alpha value is 0.720. The lowest BCUT2D eigenvalue weighted by Gasteiger charge is -2.03. The Kier molecular flexibility index (Phi) is 27.2. The van der Waals surface area contributed by atoms with Crippen molar-refractivity contribution in [2.45, 2.75) is 122 Å². The molecule has 1 atom stereocenters. The molecule has 0 nitrogen and oxygen atoms in total. The van der Waals surface area contributed by atoms with Crippen molar-refractivity contribution < 1.29 is 12.4 Å². The summed E-state index contributed by atoms with van der Waals surface area (Å²) < 4.78 is 0. The van der Waals surface area contributed by atoms with E-state index in [9.17, 15) is 0 Å². The zero-order valence-corrected chi connectivity index (χ0v) is 17.7. The third-order valence-corrected chi connectivity index (χ3v) is 5.10. The first kappa shape index (κ1) is 25.0. The predicted octanol–water partition coefficient (Wildman–Crippen LogP) is 4.64. The van der Waals surface area contributed by atoms with Crippen LogP contribution in [0, 0.1) is 0 Å². The Labute approximate surface area is 150 Å². The minimum atomic E-state index is 0. The fraction of sp³-hybridized carbons (Fsp3) is 1.00. The number of rotatable bonds is 18. The number of unbranched alkanes of at least 4 members (excludes halogenated alkanes) is 17. The van der Waals surface area contributed by atoms with E-state index in [0.717, 1.165) is 0 Å². The van der Waals surface area contributed by atoms with Gasteiger partial charge in [0.1, 0.15) is 0 Å². The zero-order chi connectivity index (χ0) is 15.4. The highest BCUT2D eigenvalue weighted by Gasteiger charge is 1.94. The van der Waals surface area contributed by atoms with Gasteiger partial charge in [-0.15, -0.1) is 0 Å². The molecule has 0 aromatic heterocycles. The molecule has 2 heteroatoms. The van der Waals surface area contributed by atoms with Crippen molar-refractivity contribution in [3.8, 4) is 0 Å². The van der Waals surface area contributed by atoms with Crippen LogP contribution in [-0.4, -0.2) is 6.16 Å². The molecule has 0 spiro atoms. The van der Waals surface area contributed by atoms with Gasteiger partial charge in [-0.2, -0.15) is 0 Å². The molecular formula is C20H44ClP. The average molecular weight is 351 g/mol. The van der Waals surface area contributed by atoms with Crippen LogP contribution in [0.1, 0.15) is 122 Å². The first-order valence-electron chi connectivity index (χ1n) is 10.2. The van der Waals surface area contributed by atoms with Gasteiger partial charge >= 0.3 is 0 Å². The summed E-state index contributed by atoms with van der Waals surface area (Å²) in [5.74, 6) is 0. The summed E-state index contributed by atoms with van der Waals surface area (Å²) in [6.07, 6.45) is 28.0. The third kappa shape index (κ3) is 23.0. The minimum absolute atomic E-state index is 0. The van der Waals surface area contributed by atoms with Crippen LogP contribution >= 0.6 is 9.24 Å². The van der Waals surface area contributed by atoms with Gasteiger partial charge in [-0.25, -0.2) is 0 Å². The van der Waals surface area contributed by atoms with E-state index in [1.165, 1.54) is 122 Å². The van der Waals surface area contributed by atoms with Crippen LogP contribution in [0.4, 0.5) is 0 Å². The molecule has 0 radical (unpaired) electrons. The van der Waals surface area contributed by atoms with Gasteiger partial charge in [0.15, 0.2) is 0 Å². The van der Waals surface area contributed by atoms with Crippen LogP contribution in [0.25, 0.3) is 0 Å². The number of halogens is 1. The second kappa shape index (κ2) is 24.0. The zero-order valence-electron chi connectivity index (χ0n) is 15.5. The lowest BCUT2D eigenvalue weighted by atomic mass is 10.0. The van der Waals surface area contributed by atoms with Crippen molar-refractivity contribution in [1.82, 2.24) is 0 Å². The molecule has 0 fully saturated rings. The smallest absolute Gasteiger partial charge is 0.0526 e. The van der Waals surface area contributed by atoms with Crippen molar-refractivity contribution in [3.05, 3.63) is 0 Å². The summed E-state index contributed by atoms with van der Waals surface area (Å²) in [6, 6.07) is 0. The molecule has 0 aromatic rings. The Bertz CT molecular complexity index is 155. The maximum absolute atomic E-state index is 2.30. The van der Waals surface area contributed by atoms with Crippen molar-refractivity contribution in [2.24, 2.45) is 0 Å². The van der Waals surface area contributed by atoms with E-state index in [1.807, 2.05) is 0 Å². The molecule has 0 aliphatic heterocycles. The largest absolute Gasteiger partial charge is 1.00 e.